The monoisotopic (exact) mass is 446 g/mol. The summed E-state index contributed by atoms with van der Waals surface area (Å²) in [6.45, 7) is 0. The van der Waals surface area contributed by atoms with Gasteiger partial charge in [0.05, 0.1) is 22.9 Å². The molecule has 2 aliphatic rings. The molecule has 2 aliphatic heterocycles. The first-order valence-electron chi connectivity index (χ1n) is 8.59. The molecule has 0 spiro atoms. The third kappa shape index (κ3) is 2.57. The third-order valence-corrected chi connectivity index (χ3v) is 5.33. The number of hydrogen-bond donors (Lipinski definition) is 3. The highest BCUT2D eigenvalue weighted by Gasteiger charge is 2.41. The van der Waals surface area contributed by atoms with Crippen molar-refractivity contribution in [1.29, 1.82) is 10.7 Å². The van der Waals surface area contributed by atoms with Crippen molar-refractivity contribution in [2.75, 3.05) is 5.32 Å². The van der Waals surface area contributed by atoms with Crippen LogP contribution in [0.1, 0.15) is 11.1 Å². The average molecular weight is 447 g/mol. The molecular weight excluding hydrogens is 436 g/mol. The molecule has 0 fully saturated rings. The number of pyridine rings is 1. The molecule has 1 amide bonds. The fraction of sp³-hybridized carbons (Fsp3) is 0.0500. The highest BCUT2D eigenvalue weighted by atomic mass is 79.9. The molecule has 4 heterocycles. The summed E-state index contributed by atoms with van der Waals surface area (Å²) in [6, 6.07) is 11.1. The number of halogens is 1. The predicted octanol–water partition coefficient (Wildman–Crippen LogP) is 3.61. The minimum atomic E-state index is -1.05. The number of benzene rings is 1. The molecule has 29 heavy (non-hydrogen) atoms. The molecule has 0 saturated carbocycles. The van der Waals surface area contributed by atoms with Gasteiger partial charge in [-0.2, -0.15) is 5.26 Å². The summed E-state index contributed by atoms with van der Waals surface area (Å²) in [5.41, 5.74) is 3.79. The number of amides is 1. The van der Waals surface area contributed by atoms with E-state index < -0.39 is 5.92 Å². The first kappa shape index (κ1) is 17.3. The van der Waals surface area contributed by atoms with Crippen molar-refractivity contribution >= 4 is 44.6 Å². The lowest BCUT2D eigenvalue weighted by Gasteiger charge is -2.23. The largest absolute Gasteiger partial charge is 0.421 e. The van der Waals surface area contributed by atoms with Gasteiger partial charge in [-0.1, -0.05) is 15.9 Å². The maximum Gasteiger partial charge on any atom is 0.256 e. The Labute approximate surface area is 172 Å². The maximum absolute atomic E-state index is 12.9. The van der Waals surface area contributed by atoms with Crippen LogP contribution in [0.3, 0.4) is 0 Å². The van der Waals surface area contributed by atoms with Gasteiger partial charge in [0.2, 0.25) is 11.8 Å². The Balaban J connectivity index is 1.87. The zero-order valence-corrected chi connectivity index (χ0v) is 16.2. The van der Waals surface area contributed by atoms with Crippen LogP contribution in [0.5, 0.6) is 5.88 Å². The molecule has 1 atom stereocenters. The van der Waals surface area contributed by atoms with Crippen molar-refractivity contribution in [2.45, 2.75) is 0 Å². The van der Waals surface area contributed by atoms with Crippen LogP contribution in [0.25, 0.3) is 22.4 Å². The second-order valence-electron chi connectivity index (χ2n) is 6.48. The van der Waals surface area contributed by atoms with Crippen LogP contribution in [0.2, 0.25) is 0 Å². The molecule has 1 unspecified atom stereocenters. The van der Waals surface area contributed by atoms with Crippen LogP contribution in [-0.4, -0.2) is 27.0 Å². The Morgan fingerprint density at radius 3 is 2.93 bits per heavy atom. The second-order valence-corrected chi connectivity index (χ2v) is 7.40. The van der Waals surface area contributed by atoms with Crippen LogP contribution >= 0.6 is 15.9 Å². The fourth-order valence-electron chi connectivity index (χ4n) is 3.61. The quantitative estimate of drug-likeness (QED) is 0.491. The third-order valence-electron chi connectivity index (χ3n) is 4.83. The lowest BCUT2D eigenvalue weighted by atomic mass is 9.84. The van der Waals surface area contributed by atoms with E-state index in [0.29, 0.717) is 33.7 Å². The number of anilines is 1. The normalized spacial score (nSPS) is 19.8. The summed E-state index contributed by atoms with van der Waals surface area (Å²) in [7, 11) is 0. The molecule has 0 saturated heterocycles. The number of H-pyrrole nitrogens is 1. The first-order valence-corrected chi connectivity index (χ1v) is 9.38. The van der Waals surface area contributed by atoms with E-state index >= 15 is 0 Å². The van der Waals surface area contributed by atoms with E-state index in [0.717, 1.165) is 10.0 Å². The van der Waals surface area contributed by atoms with Gasteiger partial charge in [-0.3, -0.25) is 20.3 Å². The van der Waals surface area contributed by atoms with Gasteiger partial charge in [0.1, 0.15) is 5.92 Å². The number of aromatic nitrogens is 3. The Morgan fingerprint density at radius 1 is 1.31 bits per heavy atom. The second kappa shape index (κ2) is 6.39. The number of ether oxygens (including phenoxy) is 1. The van der Waals surface area contributed by atoms with Gasteiger partial charge in [-0.05, 0) is 30.3 Å². The van der Waals surface area contributed by atoms with E-state index in [-0.39, 0.29) is 17.7 Å². The Hall–Kier alpha value is -3.77. The molecule has 1 aromatic carbocycles. The predicted molar refractivity (Wildman–Crippen MR) is 109 cm³/mol. The van der Waals surface area contributed by atoms with Gasteiger partial charge in [-0.25, -0.2) is 0 Å². The van der Waals surface area contributed by atoms with Gasteiger partial charge in [0.25, 0.3) is 5.91 Å². The smallest absolute Gasteiger partial charge is 0.256 e. The number of carbonyl (C=O) groups is 1. The minimum Gasteiger partial charge on any atom is -0.421 e. The van der Waals surface area contributed by atoms with E-state index in [1.54, 1.807) is 24.5 Å². The van der Waals surface area contributed by atoms with Gasteiger partial charge in [0.15, 0.2) is 0 Å². The lowest BCUT2D eigenvalue weighted by molar-refractivity contribution is -0.110. The highest BCUT2D eigenvalue weighted by Crippen LogP contribution is 2.48. The molecule has 2 aromatic heterocycles. The number of fused-ring (bicyclic) bond motifs is 2. The van der Waals surface area contributed by atoms with Crippen molar-refractivity contribution in [3.8, 4) is 23.2 Å². The molecule has 5 rings (SSSR count). The summed E-state index contributed by atoms with van der Waals surface area (Å²) >= 11 is 3.44. The number of hydrogen-bond acceptors (Lipinski definition) is 6. The summed E-state index contributed by atoms with van der Waals surface area (Å²) in [5.74, 6) is -1.52. The van der Waals surface area contributed by atoms with E-state index in [1.807, 2.05) is 18.2 Å². The standard InChI is InChI=1S/C20H11BrN6O2/c21-10-3-4-13-11(6-10)15(19(28)25-13)14-12(7-22)18(23)29-20-16(14)17(26-27-20)9-2-1-5-24-8-9/h1-6,8,12,23H,(H,25,28)(H,26,27)/b15-14-,23-18?. The minimum absolute atomic E-state index is 0.152. The molecule has 3 N–H and O–H groups in total. The zero-order chi connectivity index (χ0) is 20.1. The number of rotatable bonds is 1. The number of nitrogens with zero attached hydrogens (tertiary/aromatic N) is 3. The van der Waals surface area contributed by atoms with Crippen LogP contribution in [-0.2, 0) is 4.79 Å². The van der Waals surface area contributed by atoms with Gasteiger partial charge in [0, 0.05) is 39.3 Å². The van der Waals surface area contributed by atoms with E-state index in [4.69, 9.17) is 10.1 Å². The highest BCUT2D eigenvalue weighted by molar-refractivity contribution is 9.10. The summed E-state index contributed by atoms with van der Waals surface area (Å²) in [5, 5.41) is 27.9. The molecule has 0 bridgehead atoms. The van der Waals surface area contributed by atoms with Crippen LogP contribution in [0, 0.1) is 22.7 Å². The van der Waals surface area contributed by atoms with Crippen molar-refractivity contribution in [3.05, 3.63) is 58.3 Å². The molecule has 0 radical (unpaired) electrons. The SMILES string of the molecule is N#CC1C(=N)Oc2n[nH]c(-c3cccnc3)c2/C1=C1\C(=O)Nc2ccc(Br)cc21. The number of nitrogens with one attached hydrogen (secondary N) is 3. The molecule has 0 aliphatic carbocycles. The van der Waals surface area contributed by atoms with E-state index in [1.165, 1.54) is 0 Å². The number of aromatic amines is 1. The summed E-state index contributed by atoms with van der Waals surface area (Å²) in [4.78, 5) is 17.1. The molecule has 8 nitrogen and oxygen atoms in total. The van der Waals surface area contributed by atoms with Crippen molar-refractivity contribution in [3.63, 3.8) is 0 Å². The van der Waals surface area contributed by atoms with Crippen molar-refractivity contribution < 1.29 is 9.53 Å². The molecule has 140 valence electrons. The van der Waals surface area contributed by atoms with Crippen LogP contribution in [0.15, 0.2) is 47.2 Å². The van der Waals surface area contributed by atoms with Gasteiger partial charge < -0.3 is 10.1 Å². The molecule has 3 aromatic rings. The number of nitriles is 1. The first-order chi connectivity index (χ1) is 14.1. The summed E-state index contributed by atoms with van der Waals surface area (Å²) < 4.78 is 6.29. The Kier molecular flexibility index (Phi) is 3.82. The fourth-order valence-corrected chi connectivity index (χ4v) is 3.97. The Bertz CT molecular complexity index is 1270. The topological polar surface area (TPSA) is 128 Å². The maximum atomic E-state index is 12.9. The van der Waals surface area contributed by atoms with Gasteiger partial charge in [-0.15, -0.1) is 5.10 Å². The molecular formula is C20H11BrN6O2. The molecule has 9 heteroatoms. The van der Waals surface area contributed by atoms with Crippen molar-refractivity contribution in [1.82, 2.24) is 15.2 Å². The summed E-state index contributed by atoms with van der Waals surface area (Å²) in [6.07, 6.45) is 3.30. The lowest BCUT2D eigenvalue weighted by Crippen LogP contribution is -2.26. The van der Waals surface area contributed by atoms with Crippen molar-refractivity contribution in [2.24, 2.45) is 5.92 Å². The Morgan fingerprint density at radius 2 is 2.17 bits per heavy atom. The van der Waals surface area contributed by atoms with E-state index in [9.17, 15) is 10.1 Å². The van der Waals surface area contributed by atoms with Crippen LogP contribution in [0.4, 0.5) is 5.69 Å². The van der Waals surface area contributed by atoms with Gasteiger partial charge >= 0.3 is 0 Å². The van der Waals surface area contributed by atoms with E-state index in [2.05, 4.69) is 42.5 Å². The number of carbonyl (C=O) groups excluding carboxylic acids is 1. The zero-order valence-electron chi connectivity index (χ0n) is 14.7. The van der Waals surface area contributed by atoms with Crippen LogP contribution < -0.4 is 10.1 Å². The average Bonchev–Trinajstić information content (AvgIpc) is 3.27.